The predicted octanol–water partition coefficient (Wildman–Crippen LogP) is 3.72. The number of rotatable bonds is 5. The third-order valence-corrected chi connectivity index (χ3v) is 5.24. The second-order valence-corrected chi connectivity index (χ2v) is 7.04. The second kappa shape index (κ2) is 7.19. The number of anilines is 1. The van der Waals surface area contributed by atoms with Crippen LogP contribution in [-0.4, -0.2) is 26.8 Å². The number of benzene rings is 2. The maximum absolute atomic E-state index is 6.19. The number of aromatic nitrogens is 3. The van der Waals surface area contributed by atoms with Crippen LogP contribution in [0.4, 0.5) is 5.82 Å². The van der Waals surface area contributed by atoms with Crippen LogP contribution in [0.1, 0.15) is 0 Å². The summed E-state index contributed by atoms with van der Waals surface area (Å²) in [7, 11) is 0. The van der Waals surface area contributed by atoms with Gasteiger partial charge in [-0.05, 0) is 29.8 Å². The van der Waals surface area contributed by atoms with E-state index in [0.29, 0.717) is 12.4 Å². The van der Waals surface area contributed by atoms with Gasteiger partial charge in [0, 0.05) is 34.6 Å². The molecule has 0 bridgehead atoms. The summed E-state index contributed by atoms with van der Waals surface area (Å²) in [4.78, 5) is 9.88. The highest BCUT2D eigenvalue weighted by Crippen LogP contribution is 2.34. The van der Waals surface area contributed by atoms with Gasteiger partial charge in [-0.1, -0.05) is 30.3 Å². The van der Waals surface area contributed by atoms with Gasteiger partial charge in [0.05, 0.1) is 5.39 Å². The molecule has 26 heavy (non-hydrogen) atoms. The number of hydrogen-bond acceptors (Lipinski definition) is 5. The van der Waals surface area contributed by atoms with E-state index in [1.807, 2.05) is 18.2 Å². The summed E-state index contributed by atoms with van der Waals surface area (Å²) in [6, 6.07) is 18.6. The van der Waals surface area contributed by atoms with E-state index >= 15 is 0 Å². The van der Waals surface area contributed by atoms with E-state index < -0.39 is 0 Å². The number of thioether (sulfide) groups is 1. The Morgan fingerprint density at radius 1 is 0.962 bits per heavy atom. The van der Waals surface area contributed by atoms with Crippen molar-refractivity contribution in [2.45, 2.75) is 4.90 Å². The summed E-state index contributed by atoms with van der Waals surface area (Å²) in [6.07, 6.45) is 3.58. The fraction of sp³-hybridized carbons (Fsp3) is 0.100. The van der Waals surface area contributed by atoms with Gasteiger partial charge in [0.1, 0.15) is 12.1 Å². The maximum Gasteiger partial charge on any atom is 0.150 e. The first-order valence-corrected chi connectivity index (χ1v) is 9.37. The minimum Gasteiger partial charge on any atom is -0.383 e. The van der Waals surface area contributed by atoms with Gasteiger partial charge in [-0.15, -0.1) is 11.8 Å². The van der Waals surface area contributed by atoms with Crippen LogP contribution in [0.5, 0.6) is 0 Å². The Kier molecular flexibility index (Phi) is 4.60. The Morgan fingerprint density at radius 3 is 2.46 bits per heavy atom. The van der Waals surface area contributed by atoms with Crippen LogP contribution in [0.2, 0.25) is 0 Å². The van der Waals surface area contributed by atoms with Gasteiger partial charge in [-0.3, -0.25) is 0 Å². The van der Waals surface area contributed by atoms with Crippen molar-refractivity contribution in [3.05, 3.63) is 67.1 Å². The zero-order chi connectivity index (χ0) is 17.9. The molecule has 130 valence electrons. The van der Waals surface area contributed by atoms with Crippen molar-refractivity contribution in [3.8, 4) is 16.8 Å². The largest absolute Gasteiger partial charge is 0.383 e. The summed E-state index contributed by atoms with van der Waals surface area (Å²) >= 11 is 1.75. The fourth-order valence-electron chi connectivity index (χ4n) is 3.00. The van der Waals surface area contributed by atoms with Crippen molar-refractivity contribution in [2.24, 2.45) is 5.73 Å². The summed E-state index contributed by atoms with van der Waals surface area (Å²) in [6.45, 7) is 0.672. The molecule has 0 aliphatic heterocycles. The topological polar surface area (TPSA) is 82.8 Å². The molecule has 5 nitrogen and oxygen atoms in total. The van der Waals surface area contributed by atoms with Crippen LogP contribution >= 0.6 is 11.8 Å². The molecule has 0 aliphatic carbocycles. The quantitative estimate of drug-likeness (QED) is 0.529. The first kappa shape index (κ1) is 16.6. The molecule has 6 heteroatoms. The molecule has 4 rings (SSSR count). The number of nitrogens with two attached hydrogens (primary N) is 2. The van der Waals surface area contributed by atoms with E-state index in [9.17, 15) is 0 Å². The molecule has 0 saturated carbocycles. The van der Waals surface area contributed by atoms with Crippen LogP contribution in [-0.2, 0) is 0 Å². The summed E-state index contributed by atoms with van der Waals surface area (Å²) in [5.41, 5.74) is 15.7. The minimum atomic E-state index is 0.489. The minimum absolute atomic E-state index is 0.489. The van der Waals surface area contributed by atoms with Crippen LogP contribution in [0, 0.1) is 0 Å². The van der Waals surface area contributed by atoms with E-state index in [1.54, 1.807) is 11.8 Å². The average Bonchev–Trinajstić information content (AvgIpc) is 3.08. The van der Waals surface area contributed by atoms with Crippen molar-refractivity contribution >= 4 is 28.6 Å². The lowest BCUT2D eigenvalue weighted by molar-refractivity contribution is 1.07. The van der Waals surface area contributed by atoms with E-state index in [1.165, 1.54) is 11.2 Å². The Morgan fingerprint density at radius 2 is 1.73 bits per heavy atom. The summed E-state index contributed by atoms with van der Waals surface area (Å²) in [5.74, 6) is 1.40. The van der Waals surface area contributed by atoms with Gasteiger partial charge in [-0.25, -0.2) is 9.97 Å². The van der Waals surface area contributed by atoms with Gasteiger partial charge >= 0.3 is 0 Å². The highest BCUT2D eigenvalue weighted by Gasteiger charge is 2.15. The molecule has 0 aliphatic rings. The van der Waals surface area contributed by atoms with Crippen molar-refractivity contribution in [2.75, 3.05) is 18.0 Å². The number of hydrogen-bond donors (Lipinski definition) is 2. The molecule has 0 atom stereocenters. The zero-order valence-electron chi connectivity index (χ0n) is 14.2. The first-order valence-electron chi connectivity index (χ1n) is 8.38. The van der Waals surface area contributed by atoms with Crippen molar-refractivity contribution in [3.63, 3.8) is 0 Å². The third kappa shape index (κ3) is 3.05. The Balaban J connectivity index is 1.85. The Bertz CT molecular complexity index is 1030. The smallest absolute Gasteiger partial charge is 0.150 e. The predicted molar refractivity (Wildman–Crippen MR) is 108 cm³/mol. The highest BCUT2D eigenvalue weighted by molar-refractivity contribution is 7.99. The normalized spacial score (nSPS) is 11.1. The zero-order valence-corrected chi connectivity index (χ0v) is 15.0. The number of fused-ring (bicyclic) bond motifs is 1. The van der Waals surface area contributed by atoms with E-state index in [-0.39, 0.29) is 0 Å². The molecule has 0 spiro atoms. The summed E-state index contributed by atoms with van der Waals surface area (Å²) in [5, 5.41) is 0.875. The fourth-order valence-corrected chi connectivity index (χ4v) is 3.68. The van der Waals surface area contributed by atoms with Crippen molar-refractivity contribution in [1.82, 2.24) is 14.5 Å². The molecule has 2 heterocycles. The van der Waals surface area contributed by atoms with Crippen LogP contribution < -0.4 is 11.5 Å². The molecule has 0 unspecified atom stereocenters. The lowest BCUT2D eigenvalue weighted by Gasteiger charge is -2.06. The monoisotopic (exact) mass is 361 g/mol. The third-order valence-electron chi connectivity index (χ3n) is 4.20. The van der Waals surface area contributed by atoms with E-state index in [0.717, 1.165) is 33.6 Å². The van der Waals surface area contributed by atoms with Crippen LogP contribution in [0.15, 0.2) is 72.0 Å². The van der Waals surface area contributed by atoms with Crippen molar-refractivity contribution in [1.29, 1.82) is 0 Å². The molecular formula is C20H19N5S. The van der Waals surface area contributed by atoms with Gasteiger partial charge in [0.25, 0.3) is 0 Å². The Labute approximate surface area is 156 Å². The van der Waals surface area contributed by atoms with Crippen molar-refractivity contribution < 1.29 is 0 Å². The van der Waals surface area contributed by atoms with E-state index in [2.05, 4.69) is 57.1 Å². The van der Waals surface area contributed by atoms with Gasteiger partial charge < -0.3 is 16.0 Å². The molecule has 0 fully saturated rings. The SMILES string of the molecule is NCCSc1ccc(-n2cc(-c3ccccc3)c3c(N)ncnc32)cc1. The Hall–Kier alpha value is -2.83. The molecular weight excluding hydrogens is 342 g/mol. The molecule has 0 amide bonds. The molecule has 2 aromatic carbocycles. The number of nitrogens with zero attached hydrogens (tertiary/aromatic N) is 3. The van der Waals surface area contributed by atoms with Gasteiger partial charge in [-0.2, -0.15) is 0 Å². The van der Waals surface area contributed by atoms with Crippen LogP contribution in [0.3, 0.4) is 0 Å². The lowest BCUT2D eigenvalue weighted by Crippen LogP contribution is -2.00. The van der Waals surface area contributed by atoms with Crippen LogP contribution in [0.25, 0.3) is 27.8 Å². The van der Waals surface area contributed by atoms with E-state index in [4.69, 9.17) is 11.5 Å². The lowest BCUT2D eigenvalue weighted by atomic mass is 10.1. The summed E-state index contributed by atoms with van der Waals surface area (Å²) < 4.78 is 2.06. The molecule has 0 radical (unpaired) electrons. The second-order valence-electron chi connectivity index (χ2n) is 5.87. The molecule has 4 aromatic rings. The first-order chi connectivity index (χ1) is 12.8. The average molecular weight is 361 g/mol. The standard InChI is InChI=1S/C20H19N5S/c21-10-11-26-16-8-6-15(7-9-16)25-12-17(14-4-2-1-3-5-14)18-19(22)23-13-24-20(18)25/h1-9,12-13H,10-11,21H2,(H2,22,23,24). The molecule has 4 N–H and O–H groups in total. The molecule has 0 saturated heterocycles. The van der Waals surface area contributed by atoms with Gasteiger partial charge in [0.15, 0.2) is 5.65 Å². The maximum atomic E-state index is 6.19. The molecule has 2 aromatic heterocycles. The number of nitrogen functional groups attached to an aromatic ring is 1. The van der Waals surface area contributed by atoms with Gasteiger partial charge in [0.2, 0.25) is 0 Å². The highest BCUT2D eigenvalue weighted by atomic mass is 32.2.